The van der Waals surface area contributed by atoms with E-state index in [1.807, 2.05) is 42.5 Å². The van der Waals surface area contributed by atoms with Crippen molar-refractivity contribution in [3.05, 3.63) is 54.6 Å². The van der Waals surface area contributed by atoms with Gasteiger partial charge in [-0.25, -0.2) is 4.68 Å². The maximum absolute atomic E-state index is 12.4. The molecule has 0 spiro atoms. The second kappa shape index (κ2) is 8.93. The van der Waals surface area contributed by atoms with E-state index in [4.69, 9.17) is 18.9 Å². The van der Waals surface area contributed by atoms with Gasteiger partial charge in [-0.1, -0.05) is 30.3 Å². The lowest BCUT2D eigenvalue weighted by Crippen LogP contribution is -2.45. The molecule has 0 bridgehead atoms. The predicted octanol–water partition coefficient (Wildman–Crippen LogP) is 1.25. The number of para-hydroxylation sites is 1. The number of methoxy groups -OCH3 is 1. The van der Waals surface area contributed by atoms with Gasteiger partial charge in [0.05, 0.1) is 26.4 Å². The molecule has 10 heteroatoms. The first-order chi connectivity index (χ1) is 15.7. The fourth-order valence-electron chi connectivity index (χ4n) is 4.10. The molecule has 166 valence electrons. The topological polar surface area (TPSA) is 110 Å². The van der Waals surface area contributed by atoms with Gasteiger partial charge in [-0.3, -0.25) is 4.79 Å². The van der Waals surface area contributed by atoms with Crippen molar-refractivity contribution in [1.29, 1.82) is 0 Å². The number of aromatic nitrogens is 4. The summed E-state index contributed by atoms with van der Waals surface area (Å²) in [6.07, 6.45) is -0.564. The van der Waals surface area contributed by atoms with Crippen LogP contribution in [0.3, 0.4) is 0 Å². The first-order valence-electron chi connectivity index (χ1n) is 10.4. The van der Waals surface area contributed by atoms with Gasteiger partial charge in [-0.2, -0.15) is 0 Å². The van der Waals surface area contributed by atoms with Crippen molar-refractivity contribution >= 4 is 5.91 Å². The van der Waals surface area contributed by atoms with E-state index < -0.39 is 0 Å². The number of hydrogen-bond acceptors (Lipinski definition) is 8. The highest BCUT2D eigenvalue weighted by atomic mass is 16.6. The number of carbonyl (C=O) groups is 1. The molecule has 2 aliphatic rings. The summed E-state index contributed by atoms with van der Waals surface area (Å²) in [5.41, 5.74) is 0.832. The second-order valence-corrected chi connectivity index (χ2v) is 7.62. The van der Waals surface area contributed by atoms with Crippen molar-refractivity contribution in [3.63, 3.8) is 0 Å². The molecule has 1 aromatic heterocycles. The molecule has 2 aromatic carbocycles. The van der Waals surface area contributed by atoms with Gasteiger partial charge >= 0.3 is 0 Å². The third kappa shape index (κ3) is 4.02. The van der Waals surface area contributed by atoms with E-state index in [0.29, 0.717) is 24.8 Å². The molecular weight excluding hydrogens is 414 g/mol. The molecule has 3 heterocycles. The highest BCUT2D eigenvalue weighted by Gasteiger charge is 2.50. The molecule has 5 rings (SSSR count). The Hall–Kier alpha value is -3.50. The van der Waals surface area contributed by atoms with Crippen molar-refractivity contribution in [2.75, 3.05) is 26.9 Å². The number of carbonyl (C=O) groups excluding carboxylic acids is 1. The van der Waals surface area contributed by atoms with Gasteiger partial charge in [0.2, 0.25) is 0 Å². The van der Waals surface area contributed by atoms with Crippen molar-refractivity contribution in [2.24, 2.45) is 0 Å². The van der Waals surface area contributed by atoms with Crippen molar-refractivity contribution in [2.45, 2.75) is 24.3 Å². The van der Waals surface area contributed by atoms with E-state index in [9.17, 15) is 4.79 Å². The van der Waals surface area contributed by atoms with E-state index in [1.54, 1.807) is 23.9 Å². The van der Waals surface area contributed by atoms with Gasteiger partial charge in [0.25, 0.3) is 5.91 Å². The van der Waals surface area contributed by atoms with Crippen LogP contribution in [0.1, 0.15) is 6.04 Å². The van der Waals surface area contributed by atoms with Gasteiger partial charge in [0.1, 0.15) is 29.7 Å². The molecule has 10 nitrogen and oxygen atoms in total. The maximum atomic E-state index is 12.4. The van der Waals surface area contributed by atoms with Crippen LogP contribution >= 0.6 is 0 Å². The summed E-state index contributed by atoms with van der Waals surface area (Å²) >= 11 is 0. The van der Waals surface area contributed by atoms with Gasteiger partial charge in [0.15, 0.2) is 12.4 Å². The number of nitrogens with one attached hydrogen (secondary N) is 1. The SMILES string of the molecule is COc1cccc(-c2nnnn2C2COC3C(NC(=O)COc4ccccc4)COC32)c1. The molecule has 2 aliphatic heterocycles. The summed E-state index contributed by atoms with van der Waals surface area (Å²) < 4.78 is 24.6. The standard InChI is InChI=1S/C22H23N5O5/c1-29-16-9-5-6-14(10-16)22-24-25-26-27(22)18-12-32-20-17(11-31-21(18)20)23-19(28)13-30-15-7-3-2-4-8-15/h2-10,17-18,20-21H,11-13H2,1H3,(H,23,28). The van der Waals surface area contributed by atoms with Crippen LogP contribution in [0.25, 0.3) is 11.4 Å². The first-order valence-corrected chi connectivity index (χ1v) is 10.4. The summed E-state index contributed by atoms with van der Waals surface area (Å²) in [4.78, 5) is 12.4. The average Bonchev–Trinajstić information content (AvgIpc) is 3.56. The third-order valence-electron chi connectivity index (χ3n) is 5.62. The third-order valence-corrected chi connectivity index (χ3v) is 5.62. The minimum atomic E-state index is -0.289. The van der Waals surface area contributed by atoms with Crippen LogP contribution in [-0.4, -0.2) is 71.3 Å². The number of tetrazole rings is 1. The zero-order chi connectivity index (χ0) is 21.9. The molecule has 3 aromatic rings. The van der Waals surface area contributed by atoms with Crippen LogP contribution in [0.15, 0.2) is 54.6 Å². The van der Waals surface area contributed by atoms with Gasteiger partial charge in [-0.05, 0) is 34.7 Å². The highest BCUT2D eigenvalue weighted by Crippen LogP contribution is 2.36. The van der Waals surface area contributed by atoms with E-state index in [-0.39, 0.29) is 36.8 Å². The van der Waals surface area contributed by atoms with Crippen molar-refractivity contribution in [3.8, 4) is 22.9 Å². The van der Waals surface area contributed by atoms with Crippen molar-refractivity contribution in [1.82, 2.24) is 25.5 Å². The van der Waals surface area contributed by atoms with Crippen LogP contribution in [0.5, 0.6) is 11.5 Å². The molecule has 4 atom stereocenters. The van der Waals surface area contributed by atoms with Gasteiger partial charge in [-0.15, -0.1) is 5.10 Å². The quantitative estimate of drug-likeness (QED) is 0.588. The molecule has 1 N–H and O–H groups in total. The zero-order valence-corrected chi connectivity index (χ0v) is 17.5. The van der Waals surface area contributed by atoms with Gasteiger partial charge < -0.3 is 24.3 Å². The van der Waals surface area contributed by atoms with Crippen LogP contribution in [0.4, 0.5) is 0 Å². The number of rotatable bonds is 7. The molecule has 0 aliphatic carbocycles. The first kappa shape index (κ1) is 20.4. The Balaban J connectivity index is 1.24. The summed E-state index contributed by atoms with van der Waals surface area (Å²) in [5, 5.41) is 15.2. The lowest BCUT2D eigenvalue weighted by atomic mass is 10.1. The zero-order valence-electron chi connectivity index (χ0n) is 17.5. The predicted molar refractivity (Wildman–Crippen MR) is 112 cm³/mol. The molecule has 32 heavy (non-hydrogen) atoms. The Bertz CT molecular complexity index is 1080. The fraction of sp³-hybridized carbons (Fsp3) is 0.364. The fourth-order valence-corrected chi connectivity index (χ4v) is 4.10. The normalized spacial score (nSPS) is 24.2. The molecule has 1 amide bonds. The summed E-state index contributed by atoms with van der Waals surface area (Å²) in [7, 11) is 1.61. The van der Waals surface area contributed by atoms with E-state index in [0.717, 1.165) is 11.3 Å². The minimum absolute atomic E-state index is 0.0751. The van der Waals surface area contributed by atoms with Crippen LogP contribution in [-0.2, 0) is 14.3 Å². The average molecular weight is 437 g/mol. The summed E-state index contributed by atoms with van der Waals surface area (Å²) in [5.74, 6) is 1.74. The number of nitrogens with zero attached hydrogens (tertiary/aromatic N) is 4. The summed E-state index contributed by atoms with van der Waals surface area (Å²) in [6, 6.07) is 16.3. The Labute approximate surface area is 184 Å². The number of hydrogen-bond donors (Lipinski definition) is 1. The smallest absolute Gasteiger partial charge is 0.258 e. The van der Waals surface area contributed by atoms with E-state index in [2.05, 4.69) is 20.8 Å². The molecule has 0 saturated carbocycles. The number of ether oxygens (including phenoxy) is 4. The van der Waals surface area contributed by atoms with Crippen LogP contribution in [0.2, 0.25) is 0 Å². The van der Waals surface area contributed by atoms with Crippen LogP contribution < -0.4 is 14.8 Å². The Morgan fingerprint density at radius 1 is 1.09 bits per heavy atom. The largest absolute Gasteiger partial charge is 0.497 e. The number of fused-ring (bicyclic) bond motifs is 1. The molecule has 4 unspecified atom stereocenters. The molecule has 0 radical (unpaired) electrons. The molecule has 2 saturated heterocycles. The monoisotopic (exact) mass is 437 g/mol. The Morgan fingerprint density at radius 2 is 1.91 bits per heavy atom. The molecule has 2 fully saturated rings. The maximum Gasteiger partial charge on any atom is 0.258 e. The van der Waals surface area contributed by atoms with Crippen molar-refractivity contribution < 1.29 is 23.7 Å². The number of amides is 1. The minimum Gasteiger partial charge on any atom is -0.497 e. The lowest BCUT2D eigenvalue weighted by Gasteiger charge is -2.18. The Morgan fingerprint density at radius 3 is 2.75 bits per heavy atom. The summed E-state index contributed by atoms with van der Waals surface area (Å²) in [6.45, 7) is 0.651. The second-order valence-electron chi connectivity index (χ2n) is 7.62. The Kier molecular flexibility index (Phi) is 5.70. The number of benzene rings is 2. The van der Waals surface area contributed by atoms with Crippen LogP contribution in [0, 0.1) is 0 Å². The highest BCUT2D eigenvalue weighted by molar-refractivity contribution is 5.78. The van der Waals surface area contributed by atoms with Gasteiger partial charge in [0, 0.05) is 5.56 Å². The lowest BCUT2D eigenvalue weighted by molar-refractivity contribution is -0.124. The van der Waals surface area contributed by atoms with E-state index >= 15 is 0 Å². The molecular formula is C22H23N5O5. The van der Waals surface area contributed by atoms with E-state index in [1.165, 1.54) is 0 Å².